The van der Waals surface area contributed by atoms with Gasteiger partial charge < -0.3 is 25.3 Å². The molecule has 1 saturated heterocycles. The second kappa shape index (κ2) is 15.8. The molecule has 3 saturated carbocycles. The van der Waals surface area contributed by atoms with Crippen LogP contribution in [0.5, 0.6) is 0 Å². The van der Waals surface area contributed by atoms with Gasteiger partial charge in [0.15, 0.2) is 10.1 Å². The molecule has 3 aliphatic carbocycles. The fourth-order valence-corrected chi connectivity index (χ4v) is 7.70. The number of rotatable bonds is 17. The number of hydrazine groups is 1. The van der Waals surface area contributed by atoms with Crippen LogP contribution >= 0.6 is 11.8 Å². The standard InChI is InChI=1S/C29H51BN6O7S/c1-18(2)15-24(30-42-23-17-20-16-22(28(20,4)5)29(23,6)43-30)34-26(39)21(11-10-13-32-27(31)35-36(40)41)33-25(38)12-8-7-9-14-44-19(3)37/h18,20-24H,7-17H2,1-6H3,(H,33,38)(H,34,39)(H3,31,32,35)/t20-,21-,22-,23+,24-,29-/m0/s1. The van der Waals surface area contributed by atoms with Gasteiger partial charge in [0.1, 0.15) is 6.04 Å². The lowest BCUT2D eigenvalue weighted by atomic mass is 9.43. The van der Waals surface area contributed by atoms with Crippen molar-refractivity contribution in [1.82, 2.24) is 21.4 Å². The van der Waals surface area contributed by atoms with Crippen molar-refractivity contribution in [2.24, 2.45) is 23.2 Å². The van der Waals surface area contributed by atoms with Crippen molar-refractivity contribution in [1.29, 1.82) is 5.41 Å². The van der Waals surface area contributed by atoms with Crippen LogP contribution in [0.3, 0.4) is 0 Å². The molecule has 2 bridgehead atoms. The van der Waals surface area contributed by atoms with Crippen molar-refractivity contribution in [3.63, 3.8) is 0 Å². The molecule has 248 valence electrons. The van der Waals surface area contributed by atoms with Gasteiger partial charge in [-0.1, -0.05) is 51.3 Å². The van der Waals surface area contributed by atoms with Gasteiger partial charge in [-0.05, 0) is 75.0 Å². The van der Waals surface area contributed by atoms with Crippen LogP contribution in [0, 0.1) is 38.7 Å². The van der Waals surface area contributed by atoms with Crippen LogP contribution in [0.15, 0.2) is 0 Å². The number of amides is 2. The molecule has 0 aromatic rings. The lowest BCUT2D eigenvalue weighted by Crippen LogP contribution is -2.65. The zero-order chi connectivity index (χ0) is 32.7. The van der Waals surface area contributed by atoms with Crippen molar-refractivity contribution >= 4 is 41.8 Å². The van der Waals surface area contributed by atoms with Crippen molar-refractivity contribution in [3.05, 3.63) is 10.1 Å². The molecule has 44 heavy (non-hydrogen) atoms. The normalized spacial score (nSPS) is 26.2. The zero-order valence-corrected chi connectivity index (χ0v) is 27.8. The average Bonchev–Trinajstić information content (AvgIpc) is 3.28. The SMILES string of the molecule is CC(=O)SCCCCCC(=O)N[C@@H](CCCNC(=N)N[N+](=O)[O-])C(=O)N[C@@H](CC(C)C)B1O[C@@H]2C[C@@H]3C[C@@H](C3(C)C)[C@]2(C)O1. The molecule has 5 N–H and O–H groups in total. The summed E-state index contributed by atoms with van der Waals surface area (Å²) < 4.78 is 13.2. The Hall–Kier alpha value is -2.39. The summed E-state index contributed by atoms with van der Waals surface area (Å²) >= 11 is 1.27. The monoisotopic (exact) mass is 638 g/mol. The van der Waals surface area contributed by atoms with Gasteiger partial charge in [-0.3, -0.25) is 19.8 Å². The van der Waals surface area contributed by atoms with Gasteiger partial charge in [-0.25, -0.2) is 10.1 Å². The second-order valence-corrected chi connectivity index (χ2v) is 14.9. The topological polar surface area (TPSA) is 185 Å². The largest absolute Gasteiger partial charge is 0.481 e. The minimum atomic E-state index is -0.837. The Morgan fingerprint density at radius 3 is 2.48 bits per heavy atom. The predicted octanol–water partition coefficient (Wildman–Crippen LogP) is 3.20. The van der Waals surface area contributed by atoms with E-state index in [1.165, 1.54) is 18.7 Å². The van der Waals surface area contributed by atoms with Crippen LogP contribution in [0.2, 0.25) is 0 Å². The van der Waals surface area contributed by atoms with E-state index in [1.807, 2.05) is 0 Å². The van der Waals surface area contributed by atoms with Gasteiger partial charge in [0.25, 0.3) is 5.96 Å². The van der Waals surface area contributed by atoms with Gasteiger partial charge in [0.2, 0.25) is 11.8 Å². The Morgan fingerprint density at radius 2 is 1.84 bits per heavy atom. The molecule has 13 nitrogen and oxygen atoms in total. The van der Waals surface area contributed by atoms with Crippen LogP contribution in [0.1, 0.15) is 99.3 Å². The summed E-state index contributed by atoms with van der Waals surface area (Å²) in [6.45, 7) is 12.7. The third kappa shape index (κ3) is 9.56. The first-order valence-corrected chi connectivity index (χ1v) is 16.9. The van der Waals surface area contributed by atoms with E-state index < -0.39 is 35.7 Å². The van der Waals surface area contributed by atoms with Crippen molar-refractivity contribution in [2.75, 3.05) is 12.3 Å². The Morgan fingerprint density at radius 1 is 1.11 bits per heavy atom. The maximum absolute atomic E-state index is 13.7. The molecule has 0 aromatic heterocycles. The molecule has 1 aliphatic heterocycles. The zero-order valence-electron chi connectivity index (χ0n) is 27.0. The molecule has 4 fully saturated rings. The molecule has 15 heteroatoms. The summed E-state index contributed by atoms with van der Waals surface area (Å²) in [6.07, 6.45) is 5.86. The number of carbonyl (C=O) groups is 3. The Balaban J connectivity index is 1.62. The minimum absolute atomic E-state index is 0.0191. The fourth-order valence-electron chi connectivity index (χ4n) is 7.07. The van der Waals surface area contributed by atoms with E-state index >= 15 is 0 Å². The van der Waals surface area contributed by atoms with E-state index in [4.69, 9.17) is 14.7 Å². The summed E-state index contributed by atoms with van der Waals surface area (Å²) in [7, 11) is -0.592. The van der Waals surface area contributed by atoms with Crippen molar-refractivity contribution < 1.29 is 28.7 Å². The molecule has 4 aliphatic rings. The number of nitro groups is 1. The third-order valence-electron chi connectivity index (χ3n) is 9.53. The summed E-state index contributed by atoms with van der Waals surface area (Å²) in [6, 6.07) is -0.837. The van der Waals surface area contributed by atoms with Gasteiger partial charge in [-0.2, -0.15) is 0 Å². The Labute approximate surface area is 265 Å². The van der Waals surface area contributed by atoms with Crippen LogP contribution < -0.4 is 21.4 Å². The van der Waals surface area contributed by atoms with Crippen molar-refractivity contribution in [3.8, 4) is 0 Å². The minimum Gasteiger partial charge on any atom is -0.404 e. The van der Waals surface area contributed by atoms with Crippen LogP contribution in [0.25, 0.3) is 0 Å². The van der Waals surface area contributed by atoms with E-state index in [0.29, 0.717) is 31.1 Å². The van der Waals surface area contributed by atoms with E-state index in [-0.39, 0.29) is 53.8 Å². The van der Waals surface area contributed by atoms with Gasteiger partial charge in [-0.15, -0.1) is 0 Å². The fraction of sp³-hybridized carbons (Fsp3) is 0.862. The first-order chi connectivity index (χ1) is 20.6. The summed E-state index contributed by atoms with van der Waals surface area (Å²) in [4.78, 5) is 48.2. The molecule has 4 rings (SSSR count). The Kier molecular flexibility index (Phi) is 12.9. The quantitative estimate of drug-likeness (QED) is 0.0396. The average molecular weight is 639 g/mol. The van der Waals surface area contributed by atoms with Crippen LogP contribution in [0.4, 0.5) is 0 Å². The second-order valence-electron chi connectivity index (χ2n) is 13.7. The van der Waals surface area contributed by atoms with E-state index in [2.05, 4.69) is 50.6 Å². The number of hydrogen-bond acceptors (Lipinski definition) is 9. The number of guanidine groups is 1. The summed E-state index contributed by atoms with van der Waals surface area (Å²) in [5.41, 5.74) is 1.52. The van der Waals surface area contributed by atoms with Gasteiger partial charge in [0, 0.05) is 25.6 Å². The first kappa shape index (κ1) is 36.1. The lowest BCUT2D eigenvalue weighted by Gasteiger charge is -2.64. The van der Waals surface area contributed by atoms with Gasteiger partial charge in [0.05, 0.1) is 17.6 Å². The smallest absolute Gasteiger partial charge is 0.404 e. The molecule has 1 heterocycles. The lowest BCUT2D eigenvalue weighted by molar-refractivity contribution is -0.525. The number of thioether (sulfide) groups is 1. The molecule has 2 amide bonds. The van der Waals surface area contributed by atoms with E-state index in [9.17, 15) is 24.5 Å². The number of hydrogen-bond donors (Lipinski definition) is 5. The highest BCUT2D eigenvalue weighted by molar-refractivity contribution is 8.13. The molecular formula is C29H51BN6O7S. The number of unbranched alkanes of at least 4 members (excludes halogenated alkanes) is 2. The molecular weight excluding hydrogens is 587 g/mol. The Bertz CT molecular complexity index is 1070. The maximum atomic E-state index is 13.7. The summed E-state index contributed by atoms with van der Waals surface area (Å²) in [5.74, 6) is 0.539. The molecule has 6 atom stereocenters. The molecule has 0 aromatic carbocycles. The highest BCUT2D eigenvalue weighted by atomic mass is 32.2. The highest BCUT2D eigenvalue weighted by Crippen LogP contribution is 2.65. The number of carbonyl (C=O) groups excluding carboxylic acids is 3. The van der Waals surface area contributed by atoms with Crippen LogP contribution in [-0.4, -0.2) is 71.0 Å². The van der Waals surface area contributed by atoms with E-state index in [0.717, 1.165) is 31.4 Å². The number of nitrogens with zero attached hydrogens (tertiary/aromatic N) is 1. The van der Waals surface area contributed by atoms with E-state index in [1.54, 1.807) is 5.43 Å². The molecule has 0 unspecified atom stereocenters. The molecule has 0 radical (unpaired) electrons. The van der Waals surface area contributed by atoms with Gasteiger partial charge >= 0.3 is 7.12 Å². The maximum Gasteiger partial charge on any atom is 0.481 e. The van der Waals surface area contributed by atoms with Crippen LogP contribution in [-0.2, 0) is 23.7 Å². The third-order valence-corrected chi connectivity index (χ3v) is 10.4. The number of nitrogens with one attached hydrogen (secondary N) is 5. The summed E-state index contributed by atoms with van der Waals surface area (Å²) in [5, 5.41) is 26.0. The van der Waals surface area contributed by atoms with Crippen molar-refractivity contribution in [2.45, 2.75) is 123 Å². The first-order valence-electron chi connectivity index (χ1n) is 15.9. The highest BCUT2D eigenvalue weighted by Gasteiger charge is 2.68. The predicted molar refractivity (Wildman–Crippen MR) is 170 cm³/mol. The molecule has 0 spiro atoms.